The second-order valence-electron chi connectivity index (χ2n) is 12.4. The minimum Gasteiger partial charge on any atom is -0.481 e. The number of nitrogens with one attached hydrogen (secondary N) is 5. The largest absolute Gasteiger partial charge is 0.481 e. The van der Waals surface area contributed by atoms with Crippen LogP contribution in [0.15, 0.2) is 4.99 Å². The summed E-state index contributed by atoms with van der Waals surface area (Å²) in [5, 5.41) is 28.8. The second kappa shape index (κ2) is 24.9. The van der Waals surface area contributed by atoms with Crippen LogP contribution >= 0.6 is 21.6 Å². The van der Waals surface area contributed by atoms with Gasteiger partial charge in [-0.2, -0.15) is 0 Å². The molecule has 0 unspecified atom stereocenters. The number of amides is 8. The molecule has 314 valence electrons. The molecule has 17 N–H and O–H groups in total. The van der Waals surface area contributed by atoms with E-state index in [1.54, 1.807) is 0 Å². The zero-order valence-electron chi connectivity index (χ0n) is 30.5. The number of carboxylic acids is 2. The summed E-state index contributed by atoms with van der Waals surface area (Å²) in [5.41, 5.74) is 26.7. The number of rotatable bonds is 22. The number of nitrogens with zero attached hydrogens (tertiary/aromatic N) is 2. The van der Waals surface area contributed by atoms with Crippen molar-refractivity contribution in [3.63, 3.8) is 0 Å². The SMILES string of the molecule is CC(=O)O.NC(=O)CNC(=O)[C@H](CCCN=C(N)N)NC(=O)[C@@H]1CCCN1C(=O)[C@H](CSSC[C@H](N)C(=O)O)NC(=O)[C@H](CC(N)=O)NC(=O)[C@@H]1CCC(=O)N1. The van der Waals surface area contributed by atoms with Gasteiger partial charge in [-0.3, -0.25) is 52.9 Å². The Labute approximate surface area is 328 Å². The number of likely N-dealkylation sites (tertiary alicyclic amines) is 1. The van der Waals surface area contributed by atoms with Crippen molar-refractivity contribution >= 4 is 86.7 Å². The lowest BCUT2D eigenvalue weighted by molar-refractivity contribution is -0.142. The minimum atomic E-state index is -1.54. The molecule has 2 aliphatic rings. The van der Waals surface area contributed by atoms with Crippen molar-refractivity contribution in [2.75, 3.05) is 31.1 Å². The standard InChI is InChI=1S/C28H46N12O10S2.C2H4O2/c29-13(27(49)50)11-51-52-12-17(39-24(46)16(9-19(30)41)38-23(45)15-5-6-21(43)36-15)26(48)40-8-2-4-18(40)25(47)37-14(3-1-7-34-28(32)33)22(44)35-10-20(31)42;1-2(3)4/h13-18H,1-12,29H2,(H2,30,41)(H2,31,42)(H,35,44)(H,36,43)(H,37,47)(H,38,45)(H,39,46)(H,49,50)(H4,32,33,34);1H3,(H,3,4)/t13-,14-,15-,16-,17-,18-;/m0./s1. The molecule has 2 aliphatic heterocycles. The van der Waals surface area contributed by atoms with E-state index in [0.717, 1.165) is 28.5 Å². The molecule has 2 saturated heterocycles. The van der Waals surface area contributed by atoms with E-state index in [1.165, 1.54) is 4.90 Å². The Bertz CT molecular complexity index is 1500. The van der Waals surface area contributed by atoms with E-state index >= 15 is 0 Å². The van der Waals surface area contributed by atoms with Crippen LogP contribution in [0.2, 0.25) is 0 Å². The molecule has 0 spiro atoms. The fourth-order valence-electron chi connectivity index (χ4n) is 5.09. The molecule has 2 fully saturated rings. The van der Waals surface area contributed by atoms with Crippen LogP contribution in [-0.4, -0.2) is 148 Å². The van der Waals surface area contributed by atoms with E-state index in [1.807, 2.05) is 0 Å². The van der Waals surface area contributed by atoms with Crippen LogP contribution in [0.25, 0.3) is 0 Å². The van der Waals surface area contributed by atoms with Crippen LogP contribution in [0.3, 0.4) is 0 Å². The minimum absolute atomic E-state index is 0.0519. The lowest BCUT2D eigenvalue weighted by Gasteiger charge is -2.30. The van der Waals surface area contributed by atoms with E-state index in [0.29, 0.717) is 6.42 Å². The molecule has 0 radical (unpaired) electrons. The molecule has 24 nitrogen and oxygen atoms in total. The monoisotopic (exact) mass is 834 g/mol. The molecule has 2 rings (SSSR count). The summed E-state index contributed by atoms with van der Waals surface area (Å²) in [4.78, 5) is 127. The normalized spacial score (nSPS) is 18.0. The third-order valence-corrected chi connectivity index (χ3v) is 10.1. The lowest BCUT2D eigenvalue weighted by Crippen LogP contribution is -2.59. The van der Waals surface area contributed by atoms with Crippen molar-refractivity contribution in [1.29, 1.82) is 0 Å². The van der Waals surface area contributed by atoms with Gasteiger partial charge in [-0.25, -0.2) is 0 Å². The van der Waals surface area contributed by atoms with Crippen LogP contribution in [0, 0.1) is 0 Å². The van der Waals surface area contributed by atoms with Crippen molar-refractivity contribution in [3.8, 4) is 0 Å². The molecule has 6 atom stereocenters. The molecule has 0 aromatic carbocycles. The van der Waals surface area contributed by atoms with Gasteiger partial charge in [0.25, 0.3) is 5.97 Å². The summed E-state index contributed by atoms with van der Waals surface area (Å²) in [7, 11) is 2.02. The van der Waals surface area contributed by atoms with E-state index in [4.69, 9.17) is 43.7 Å². The maximum Gasteiger partial charge on any atom is 0.321 e. The highest BCUT2D eigenvalue weighted by Crippen LogP contribution is 2.25. The predicted octanol–water partition coefficient (Wildman–Crippen LogP) is -5.87. The highest BCUT2D eigenvalue weighted by Gasteiger charge is 2.40. The van der Waals surface area contributed by atoms with Crippen LogP contribution < -0.4 is 55.3 Å². The fraction of sp³-hybridized carbons (Fsp3) is 0.633. The van der Waals surface area contributed by atoms with Gasteiger partial charge in [-0.1, -0.05) is 21.6 Å². The number of primary amides is 2. The Morgan fingerprint density at radius 3 is 2.05 bits per heavy atom. The van der Waals surface area contributed by atoms with E-state index in [-0.39, 0.29) is 68.6 Å². The van der Waals surface area contributed by atoms with E-state index in [9.17, 15) is 43.2 Å². The average Bonchev–Trinajstić information content (AvgIpc) is 3.78. The molecule has 0 aromatic rings. The number of aliphatic carboxylic acids is 2. The number of carboxylic acid groups (broad SMARTS) is 2. The van der Waals surface area contributed by atoms with Crippen LogP contribution in [-0.2, 0) is 47.9 Å². The Morgan fingerprint density at radius 1 is 0.875 bits per heavy atom. The van der Waals surface area contributed by atoms with Gasteiger partial charge in [0.05, 0.1) is 13.0 Å². The topological polar surface area (TPSA) is 417 Å². The number of carbonyl (C=O) groups is 10. The van der Waals surface area contributed by atoms with Crippen molar-refractivity contribution < 1.29 is 58.2 Å². The Morgan fingerprint density at radius 2 is 1.50 bits per heavy atom. The van der Waals surface area contributed by atoms with Gasteiger partial charge in [-0.05, 0) is 32.1 Å². The second-order valence-corrected chi connectivity index (χ2v) is 14.9. The van der Waals surface area contributed by atoms with Gasteiger partial charge in [0.1, 0.15) is 36.3 Å². The first-order valence-corrected chi connectivity index (χ1v) is 19.5. The maximum atomic E-state index is 14.0. The molecular weight excluding hydrogens is 785 g/mol. The molecule has 0 bridgehead atoms. The van der Waals surface area contributed by atoms with Crippen molar-refractivity contribution in [2.24, 2.45) is 33.7 Å². The summed E-state index contributed by atoms with van der Waals surface area (Å²) in [6.45, 7) is 0.803. The Hall–Kier alpha value is -5.37. The van der Waals surface area contributed by atoms with Gasteiger partial charge in [0.15, 0.2) is 5.96 Å². The summed E-state index contributed by atoms with van der Waals surface area (Å²) in [5.74, 6) is -8.46. The van der Waals surface area contributed by atoms with E-state index < -0.39 is 103 Å². The number of carbonyl (C=O) groups excluding carboxylic acids is 8. The average molecular weight is 835 g/mol. The van der Waals surface area contributed by atoms with Gasteiger partial charge in [0, 0.05) is 37.9 Å². The Balaban J connectivity index is 0.00000373. The number of hydrogen-bond acceptors (Lipinski definition) is 14. The fourth-order valence-corrected chi connectivity index (χ4v) is 7.36. The molecule has 2 heterocycles. The quantitative estimate of drug-likeness (QED) is 0.0209. The zero-order chi connectivity index (χ0) is 42.5. The zero-order valence-corrected chi connectivity index (χ0v) is 32.2. The molecule has 56 heavy (non-hydrogen) atoms. The van der Waals surface area contributed by atoms with Crippen LogP contribution in [0.1, 0.15) is 51.9 Å². The van der Waals surface area contributed by atoms with Gasteiger partial charge in [0.2, 0.25) is 47.3 Å². The summed E-state index contributed by atoms with van der Waals surface area (Å²) in [6.07, 6.45) is 0.461. The first-order chi connectivity index (χ1) is 26.2. The molecule has 0 aromatic heterocycles. The van der Waals surface area contributed by atoms with Gasteiger partial charge in [-0.15, -0.1) is 0 Å². The van der Waals surface area contributed by atoms with Crippen molar-refractivity contribution in [2.45, 2.75) is 88.1 Å². The molecule has 0 aliphatic carbocycles. The first-order valence-electron chi connectivity index (χ1n) is 17.1. The summed E-state index contributed by atoms with van der Waals surface area (Å²) >= 11 is 0. The summed E-state index contributed by atoms with van der Waals surface area (Å²) in [6, 6.07) is -7.33. The Kier molecular flexibility index (Phi) is 21.6. The number of nitrogens with two attached hydrogens (primary N) is 5. The molecule has 26 heteroatoms. The highest BCUT2D eigenvalue weighted by atomic mass is 33.1. The smallest absolute Gasteiger partial charge is 0.321 e. The van der Waals surface area contributed by atoms with Crippen molar-refractivity contribution in [3.05, 3.63) is 0 Å². The van der Waals surface area contributed by atoms with Crippen LogP contribution in [0.5, 0.6) is 0 Å². The summed E-state index contributed by atoms with van der Waals surface area (Å²) < 4.78 is 0. The predicted molar refractivity (Wildman–Crippen MR) is 201 cm³/mol. The van der Waals surface area contributed by atoms with Crippen LogP contribution in [0.4, 0.5) is 0 Å². The van der Waals surface area contributed by atoms with Crippen molar-refractivity contribution in [1.82, 2.24) is 31.5 Å². The number of aliphatic imine (C=N–C) groups is 1. The van der Waals surface area contributed by atoms with Gasteiger partial charge < -0.3 is 70.4 Å². The molecule has 8 amide bonds. The number of hydrogen-bond donors (Lipinski definition) is 12. The third-order valence-electron chi connectivity index (χ3n) is 7.70. The first kappa shape index (κ1) is 48.6. The molecular formula is C30H50N12O12S2. The lowest BCUT2D eigenvalue weighted by atomic mass is 10.1. The number of guanidine groups is 1. The third kappa shape index (κ3) is 18.8. The molecule has 0 saturated carbocycles. The van der Waals surface area contributed by atoms with E-state index in [2.05, 4.69) is 31.6 Å². The highest BCUT2D eigenvalue weighted by molar-refractivity contribution is 8.76. The maximum absolute atomic E-state index is 14.0. The van der Waals surface area contributed by atoms with Gasteiger partial charge >= 0.3 is 5.97 Å².